The summed E-state index contributed by atoms with van der Waals surface area (Å²) in [7, 11) is -2.19. The van der Waals surface area contributed by atoms with Gasteiger partial charge in [-0.1, -0.05) is 6.07 Å². The fourth-order valence-electron chi connectivity index (χ4n) is 2.12. The Labute approximate surface area is 129 Å². The minimum atomic E-state index is -3.69. The molecule has 114 valence electrons. The Balaban J connectivity index is 2.48. The van der Waals surface area contributed by atoms with E-state index in [-0.39, 0.29) is 17.4 Å². The zero-order valence-electron chi connectivity index (χ0n) is 11.8. The molecule has 1 aromatic carbocycles. The van der Waals surface area contributed by atoms with Gasteiger partial charge in [0.25, 0.3) is 0 Å². The van der Waals surface area contributed by atoms with Gasteiger partial charge in [0.05, 0.1) is 23.1 Å². The van der Waals surface area contributed by atoms with E-state index in [0.717, 1.165) is 5.56 Å². The Hall–Kier alpha value is -1.21. The molecule has 0 saturated carbocycles. The first-order valence-corrected chi connectivity index (χ1v) is 8.43. The average molecular weight is 329 g/mol. The molecule has 1 unspecified atom stereocenters. The van der Waals surface area contributed by atoms with Gasteiger partial charge in [-0.25, -0.2) is 13.1 Å². The van der Waals surface area contributed by atoms with Crippen molar-refractivity contribution in [3.8, 4) is 0 Å². The van der Waals surface area contributed by atoms with Crippen molar-refractivity contribution in [2.75, 3.05) is 19.6 Å². The van der Waals surface area contributed by atoms with Crippen molar-refractivity contribution in [3.63, 3.8) is 0 Å². The van der Waals surface area contributed by atoms with E-state index in [0.29, 0.717) is 10.9 Å². The minimum Gasteiger partial charge on any atom is -0.383 e. The lowest BCUT2D eigenvalue weighted by atomic mass is 10.1. The van der Waals surface area contributed by atoms with E-state index in [1.807, 2.05) is 6.92 Å². The second kappa shape index (κ2) is 6.70. The highest BCUT2D eigenvalue weighted by Crippen LogP contribution is 2.24. The molecule has 0 aliphatic carbocycles. The number of nitrogens with one attached hydrogen (secondary N) is 1. The molecule has 7 heteroatoms. The molecule has 1 heterocycles. The van der Waals surface area contributed by atoms with Crippen molar-refractivity contribution in [1.29, 1.82) is 0 Å². The highest BCUT2D eigenvalue weighted by molar-refractivity contribution is 7.89. The van der Waals surface area contributed by atoms with Crippen LogP contribution in [0, 0.1) is 6.92 Å². The van der Waals surface area contributed by atoms with Crippen LogP contribution >= 0.6 is 11.6 Å². The molecule has 21 heavy (non-hydrogen) atoms. The fraction of sp³-hybridized carbons (Fsp3) is 0.357. The summed E-state index contributed by atoms with van der Waals surface area (Å²) in [5.74, 6) is 0.134. The number of pyridine rings is 1. The summed E-state index contributed by atoms with van der Waals surface area (Å²) >= 11 is 5.76. The summed E-state index contributed by atoms with van der Waals surface area (Å²) < 4.78 is 32.6. The lowest BCUT2D eigenvalue weighted by molar-refractivity contribution is 0.181. The molecule has 0 radical (unpaired) electrons. The van der Waals surface area contributed by atoms with Crippen LogP contribution in [0.2, 0.25) is 0 Å². The summed E-state index contributed by atoms with van der Waals surface area (Å²) in [5, 5.41) is 0.593. The van der Waals surface area contributed by atoms with E-state index in [9.17, 15) is 8.42 Å². The summed E-state index contributed by atoms with van der Waals surface area (Å²) in [6.07, 6.45) is 1.64. The normalized spacial score (nSPS) is 13.5. The Bertz CT molecular complexity index is 734. The van der Waals surface area contributed by atoms with Crippen molar-refractivity contribution in [3.05, 3.63) is 36.0 Å². The minimum absolute atomic E-state index is 0.134. The fourth-order valence-corrected chi connectivity index (χ4v) is 3.79. The number of alkyl halides is 1. The zero-order valence-corrected chi connectivity index (χ0v) is 13.4. The number of halogens is 1. The van der Waals surface area contributed by atoms with Crippen LogP contribution in [0.15, 0.2) is 35.4 Å². The Morgan fingerprint density at radius 3 is 2.81 bits per heavy atom. The Morgan fingerprint density at radius 2 is 2.14 bits per heavy atom. The smallest absolute Gasteiger partial charge is 0.241 e. The van der Waals surface area contributed by atoms with Gasteiger partial charge < -0.3 is 4.74 Å². The van der Waals surface area contributed by atoms with Crippen LogP contribution in [0.3, 0.4) is 0 Å². The molecule has 5 nitrogen and oxygen atoms in total. The van der Waals surface area contributed by atoms with Crippen molar-refractivity contribution in [2.45, 2.75) is 17.9 Å². The molecule has 1 atom stereocenters. The largest absolute Gasteiger partial charge is 0.383 e. The van der Waals surface area contributed by atoms with Crippen LogP contribution < -0.4 is 4.72 Å². The number of methoxy groups -OCH3 is 1. The first kappa shape index (κ1) is 16.2. The molecular weight excluding hydrogens is 312 g/mol. The Kier molecular flexibility index (Phi) is 5.16. The second-order valence-corrected chi connectivity index (χ2v) is 6.70. The van der Waals surface area contributed by atoms with Crippen LogP contribution in [0.1, 0.15) is 5.56 Å². The maximum Gasteiger partial charge on any atom is 0.241 e. The van der Waals surface area contributed by atoms with Gasteiger partial charge in [0.15, 0.2) is 0 Å². The van der Waals surface area contributed by atoms with Gasteiger partial charge >= 0.3 is 0 Å². The van der Waals surface area contributed by atoms with Crippen LogP contribution in [-0.2, 0) is 14.8 Å². The Morgan fingerprint density at radius 1 is 1.38 bits per heavy atom. The molecular formula is C14H17ClN2O3S. The van der Waals surface area contributed by atoms with E-state index >= 15 is 0 Å². The van der Waals surface area contributed by atoms with E-state index < -0.39 is 16.1 Å². The molecule has 0 spiro atoms. The predicted octanol–water partition coefficient (Wildman–Crippen LogP) is 2.08. The van der Waals surface area contributed by atoms with Gasteiger partial charge in [0, 0.05) is 24.6 Å². The zero-order chi connectivity index (χ0) is 15.5. The molecule has 1 N–H and O–H groups in total. The number of rotatable bonds is 6. The topological polar surface area (TPSA) is 68.3 Å². The molecule has 0 bridgehead atoms. The average Bonchev–Trinajstić information content (AvgIpc) is 2.47. The number of aromatic nitrogens is 1. The molecule has 2 rings (SSSR count). The molecule has 0 fully saturated rings. The highest BCUT2D eigenvalue weighted by atomic mass is 35.5. The SMILES string of the molecule is COCC(CCl)NS(=O)(=O)c1ccc(C)c2ncccc12. The third kappa shape index (κ3) is 3.52. The molecule has 1 aromatic heterocycles. The van der Waals surface area contributed by atoms with Gasteiger partial charge in [-0.05, 0) is 30.7 Å². The van der Waals surface area contributed by atoms with E-state index in [1.165, 1.54) is 7.11 Å². The number of ether oxygens (including phenoxy) is 1. The number of nitrogens with zero attached hydrogens (tertiary/aromatic N) is 1. The molecule has 0 aliphatic heterocycles. The molecule has 0 saturated heterocycles. The van der Waals surface area contributed by atoms with Gasteiger partial charge in [-0.15, -0.1) is 11.6 Å². The first-order valence-electron chi connectivity index (χ1n) is 6.41. The van der Waals surface area contributed by atoms with Crippen LogP contribution in [0.5, 0.6) is 0 Å². The summed E-state index contributed by atoms with van der Waals surface area (Å²) in [5.41, 5.74) is 1.60. The van der Waals surface area contributed by atoms with Gasteiger partial charge in [-0.3, -0.25) is 4.98 Å². The van der Waals surface area contributed by atoms with Crippen molar-refractivity contribution in [1.82, 2.24) is 9.71 Å². The lowest BCUT2D eigenvalue weighted by Gasteiger charge is -2.16. The highest BCUT2D eigenvalue weighted by Gasteiger charge is 2.22. The van der Waals surface area contributed by atoms with E-state index in [4.69, 9.17) is 16.3 Å². The second-order valence-electron chi connectivity index (χ2n) is 4.71. The number of fused-ring (bicyclic) bond motifs is 1. The van der Waals surface area contributed by atoms with Gasteiger partial charge in [0.2, 0.25) is 10.0 Å². The maximum absolute atomic E-state index is 12.5. The van der Waals surface area contributed by atoms with Crippen molar-refractivity contribution >= 4 is 32.5 Å². The van der Waals surface area contributed by atoms with Crippen LogP contribution in [-0.4, -0.2) is 39.0 Å². The maximum atomic E-state index is 12.5. The number of aryl methyl sites for hydroxylation is 1. The van der Waals surface area contributed by atoms with Crippen molar-refractivity contribution in [2.24, 2.45) is 0 Å². The number of benzene rings is 1. The summed E-state index contributed by atoms with van der Waals surface area (Å²) in [4.78, 5) is 4.44. The van der Waals surface area contributed by atoms with Crippen LogP contribution in [0.25, 0.3) is 10.9 Å². The van der Waals surface area contributed by atoms with Crippen molar-refractivity contribution < 1.29 is 13.2 Å². The number of hydrogen-bond acceptors (Lipinski definition) is 4. The summed E-state index contributed by atoms with van der Waals surface area (Å²) in [6, 6.07) is 6.32. The lowest BCUT2D eigenvalue weighted by Crippen LogP contribution is -2.39. The van der Waals surface area contributed by atoms with Crippen LogP contribution in [0.4, 0.5) is 0 Å². The van der Waals surface area contributed by atoms with Gasteiger partial charge in [0.1, 0.15) is 0 Å². The first-order chi connectivity index (χ1) is 9.99. The van der Waals surface area contributed by atoms with E-state index in [2.05, 4.69) is 9.71 Å². The predicted molar refractivity (Wildman–Crippen MR) is 83.2 cm³/mol. The standard InChI is InChI=1S/C14H17ClN2O3S/c1-10-5-6-13(12-4-3-7-16-14(10)12)21(18,19)17-11(8-15)9-20-2/h3-7,11,17H,8-9H2,1-2H3. The monoisotopic (exact) mass is 328 g/mol. The number of hydrogen-bond donors (Lipinski definition) is 1. The molecule has 2 aromatic rings. The quantitative estimate of drug-likeness (QED) is 0.824. The number of sulfonamides is 1. The third-order valence-corrected chi connectivity index (χ3v) is 5.05. The third-order valence-electron chi connectivity index (χ3n) is 3.10. The molecule has 0 amide bonds. The summed E-state index contributed by atoms with van der Waals surface area (Å²) in [6.45, 7) is 2.11. The van der Waals surface area contributed by atoms with E-state index in [1.54, 1.807) is 30.5 Å². The molecule has 0 aliphatic rings. The van der Waals surface area contributed by atoms with Gasteiger partial charge in [-0.2, -0.15) is 0 Å².